The van der Waals surface area contributed by atoms with Gasteiger partial charge in [0.05, 0.1) is 6.61 Å². The first-order valence-corrected chi connectivity index (χ1v) is 7.17. The van der Waals surface area contributed by atoms with Crippen molar-refractivity contribution in [3.8, 4) is 5.88 Å². The normalized spacial score (nSPS) is 16.1. The highest BCUT2D eigenvalue weighted by atomic mass is 16.5. The second kappa shape index (κ2) is 7.37. The Labute approximate surface area is 110 Å². The summed E-state index contributed by atoms with van der Waals surface area (Å²) >= 11 is 0. The first-order valence-electron chi connectivity index (χ1n) is 7.17. The van der Waals surface area contributed by atoms with E-state index in [0.717, 1.165) is 37.9 Å². The van der Waals surface area contributed by atoms with E-state index in [0.29, 0.717) is 0 Å². The number of hydrogen-bond donors (Lipinski definition) is 1. The molecule has 1 aliphatic carbocycles. The van der Waals surface area contributed by atoms with Crippen molar-refractivity contribution in [1.29, 1.82) is 0 Å². The summed E-state index contributed by atoms with van der Waals surface area (Å²) in [6, 6.07) is 4.10. The Hall–Kier alpha value is -1.09. The number of aromatic nitrogens is 1. The summed E-state index contributed by atoms with van der Waals surface area (Å²) in [6.07, 6.45) is 8.36. The van der Waals surface area contributed by atoms with Crippen LogP contribution in [0.25, 0.3) is 0 Å². The van der Waals surface area contributed by atoms with E-state index < -0.39 is 0 Å². The molecule has 1 aromatic heterocycles. The molecule has 100 valence electrons. The number of rotatable bonds is 7. The average molecular weight is 248 g/mol. The van der Waals surface area contributed by atoms with Crippen LogP contribution in [-0.4, -0.2) is 18.1 Å². The third-order valence-electron chi connectivity index (χ3n) is 3.50. The van der Waals surface area contributed by atoms with Gasteiger partial charge >= 0.3 is 0 Å². The van der Waals surface area contributed by atoms with Crippen molar-refractivity contribution in [3.63, 3.8) is 0 Å². The summed E-state index contributed by atoms with van der Waals surface area (Å²) in [7, 11) is 0. The minimum absolute atomic E-state index is 0.744. The van der Waals surface area contributed by atoms with E-state index in [2.05, 4.69) is 23.3 Å². The maximum Gasteiger partial charge on any atom is 0.213 e. The van der Waals surface area contributed by atoms with E-state index in [4.69, 9.17) is 4.74 Å². The van der Waals surface area contributed by atoms with Gasteiger partial charge in [-0.05, 0) is 43.4 Å². The number of nitrogens with zero attached hydrogens (tertiary/aromatic N) is 1. The minimum Gasteiger partial charge on any atom is -0.477 e. The lowest BCUT2D eigenvalue weighted by Gasteiger charge is -2.11. The minimum atomic E-state index is 0.744. The van der Waals surface area contributed by atoms with Crippen LogP contribution in [-0.2, 0) is 6.54 Å². The number of nitrogens with one attached hydrogen (secondary N) is 1. The van der Waals surface area contributed by atoms with Gasteiger partial charge in [-0.3, -0.25) is 0 Å². The molecular weight excluding hydrogens is 224 g/mol. The van der Waals surface area contributed by atoms with Crippen molar-refractivity contribution >= 4 is 0 Å². The molecule has 2 rings (SSSR count). The van der Waals surface area contributed by atoms with Gasteiger partial charge in [0.2, 0.25) is 5.88 Å². The molecule has 3 heteroatoms. The third-order valence-corrected chi connectivity index (χ3v) is 3.50. The molecule has 0 saturated heterocycles. The zero-order chi connectivity index (χ0) is 12.6. The predicted molar refractivity (Wildman–Crippen MR) is 73.7 cm³/mol. The van der Waals surface area contributed by atoms with Crippen molar-refractivity contribution in [1.82, 2.24) is 10.3 Å². The van der Waals surface area contributed by atoms with Crippen molar-refractivity contribution in [3.05, 3.63) is 23.9 Å². The van der Waals surface area contributed by atoms with Gasteiger partial charge in [-0.1, -0.05) is 19.8 Å². The van der Waals surface area contributed by atoms with Crippen LogP contribution in [0.3, 0.4) is 0 Å². The molecule has 0 spiro atoms. The molecule has 0 radical (unpaired) electrons. The molecule has 18 heavy (non-hydrogen) atoms. The van der Waals surface area contributed by atoms with Gasteiger partial charge in [-0.15, -0.1) is 0 Å². The molecule has 0 atom stereocenters. The second-order valence-corrected chi connectivity index (χ2v) is 5.14. The van der Waals surface area contributed by atoms with Crippen molar-refractivity contribution in [2.45, 2.75) is 45.6 Å². The van der Waals surface area contributed by atoms with Crippen LogP contribution in [0, 0.1) is 5.92 Å². The van der Waals surface area contributed by atoms with Crippen LogP contribution in [0.1, 0.15) is 44.6 Å². The quantitative estimate of drug-likeness (QED) is 0.753. The van der Waals surface area contributed by atoms with Crippen LogP contribution >= 0.6 is 0 Å². The average Bonchev–Trinajstić information content (AvgIpc) is 2.90. The highest BCUT2D eigenvalue weighted by molar-refractivity contribution is 5.20. The summed E-state index contributed by atoms with van der Waals surface area (Å²) < 4.78 is 5.80. The second-order valence-electron chi connectivity index (χ2n) is 5.14. The standard InChI is InChI=1S/C15H24N2O/c1-2-8-16-11-14-7-9-17-15(10-14)18-12-13-5-3-4-6-13/h7,9-10,13,16H,2-6,8,11-12H2,1H3. The first kappa shape index (κ1) is 13.3. The van der Waals surface area contributed by atoms with Gasteiger partial charge < -0.3 is 10.1 Å². The molecule has 0 aliphatic heterocycles. The zero-order valence-electron chi connectivity index (χ0n) is 11.3. The highest BCUT2D eigenvalue weighted by Crippen LogP contribution is 2.25. The Morgan fingerprint density at radius 3 is 3.00 bits per heavy atom. The number of hydrogen-bond acceptors (Lipinski definition) is 3. The molecule has 0 bridgehead atoms. The van der Waals surface area contributed by atoms with Crippen molar-refractivity contribution in [2.75, 3.05) is 13.2 Å². The largest absolute Gasteiger partial charge is 0.477 e. The highest BCUT2D eigenvalue weighted by Gasteiger charge is 2.15. The molecule has 1 aromatic rings. The lowest BCUT2D eigenvalue weighted by molar-refractivity contribution is 0.243. The van der Waals surface area contributed by atoms with Crippen LogP contribution in [0.15, 0.2) is 18.3 Å². The summed E-state index contributed by atoms with van der Waals surface area (Å²) in [5, 5.41) is 3.39. The third kappa shape index (κ3) is 4.30. The summed E-state index contributed by atoms with van der Waals surface area (Å²) in [6.45, 7) is 4.96. The van der Waals surface area contributed by atoms with E-state index in [1.807, 2.05) is 12.3 Å². The Morgan fingerprint density at radius 1 is 1.39 bits per heavy atom. The molecule has 1 heterocycles. The SMILES string of the molecule is CCCNCc1ccnc(OCC2CCCC2)c1. The van der Waals surface area contributed by atoms with Crippen molar-refractivity contribution < 1.29 is 4.74 Å². The van der Waals surface area contributed by atoms with Gasteiger partial charge in [-0.2, -0.15) is 0 Å². The Morgan fingerprint density at radius 2 is 2.22 bits per heavy atom. The fourth-order valence-electron chi connectivity index (χ4n) is 2.43. The van der Waals surface area contributed by atoms with E-state index in [9.17, 15) is 0 Å². The van der Waals surface area contributed by atoms with Gasteiger partial charge in [-0.25, -0.2) is 4.98 Å². The Kier molecular flexibility index (Phi) is 5.46. The smallest absolute Gasteiger partial charge is 0.213 e. The zero-order valence-corrected chi connectivity index (χ0v) is 11.3. The fraction of sp³-hybridized carbons (Fsp3) is 0.667. The number of pyridine rings is 1. The predicted octanol–water partition coefficient (Wildman–Crippen LogP) is 3.15. The first-order chi connectivity index (χ1) is 8.88. The molecule has 3 nitrogen and oxygen atoms in total. The molecule has 1 N–H and O–H groups in total. The van der Waals surface area contributed by atoms with E-state index in [1.165, 1.54) is 31.2 Å². The van der Waals surface area contributed by atoms with Crippen LogP contribution in [0.2, 0.25) is 0 Å². The number of ether oxygens (including phenoxy) is 1. The molecule has 0 amide bonds. The lowest BCUT2D eigenvalue weighted by atomic mass is 10.1. The topological polar surface area (TPSA) is 34.2 Å². The fourth-order valence-corrected chi connectivity index (χ4v) is 2.43. The molecule has 1 fully saturated rings. The van der Waals surface area contributed by atoms with Gasteiger partial charge in [0.1, 0.15) is 0 Å². The van der Waals surface area contributed by atoms with E-state index in [-0.39, 0.29) is 0 Å². The van der Waals surface area contributed by atoms with Crippen LogP contribution in [0.4, 0.5) is 0 Å². The van der Waals surface area contributed by atoms with E-state index in [1.54, 1.807) is 0 Å². The monoisotopic (exact) mass is 248 g/mol. The summed E-state index contributed by atoms with van der Waals surface area (Å²) in [5.41, 5.74) is 1.25. The maximum atomic E-state index is 5.80. The summed E-state index contributed by atoms with van der Waals surface area (Å²) in [5.74, 6) is 1.52. The van der Waals surface area contributed by atoms with Gasteiger partial charge in [0.25, 0.3) is 0 Å². The van der Waals surface area contributed by atoms with Crippen LogP contribution in [0.5, 0.6) is 5.88 Å². The maximum absolute atomic E-state index is 5.80. The van der Waals surface area contributed by atoms with Gasteiger partial charge in [0.15, 0.2) is 0 Å². The van der Waals surface area contributed by atoms with Crippen LogP contribution < -0.4 is 10.1 Å². The van der Waals surface area contributed by atoms with E-state index >= 15 is 0 Å². The molecule has 0 aromatic carbocycles. The molecular formula is C15H24N2O. The molecule has 1 aliphatic rings. The van der Waals surface area contributed by atoms with Gasteiger partial charge in [0, 0.05) is 18.8 Å². The molecule has 1 saturated carbocycles. The Balaban J connectivity index is 1.78. The Bertz CT molecular complexity index is 348. The van der Waals surface area contributed by atoms with Crippen molar-refractivity contribution in [2.24, 2.45) is 5.92 Å². The summed E-state index contributed by atoms with van der Waals surface area (Å²) in [4.78, 5) is 4.28. The lowest BCUT2D eigenvalue weighted by Crippen LogP contribution is -2.14. The molecule has 0 unspecified atom stereocenters.